The first-order chi connectivity index (χ1) is 7.70. The van der Waals surface area contributed by atoms with Gasteiger partial charge in [-0.2, -0.15) is 0 Å². The van der Waals surface area contributed by atoms with Gasteiger partial charge in [0.2, 0.25) is 0 Å². The Morgan fingerprint density at radius 1 is 1.38 bits per heavy atom. The van der Waals surface area contributed by atoms with Crippen LogP contribution in [0.2, 0.25) is 0 Å². The summed E-state index contributed by atoms with van der Waals surface area (Å²) in [6.07, 6.45) is 8.55. The number of halogens is 1. The summed E-state index contributed by atoms with van der Waals surface area (Å²) in [5.41, 5.74) is 4.26. The molecule has 1 aromatic carbocycles. The summed E-state index contributed by atoms with van der Waals surface area (Å²) in [6.45, 7) is 4.01. The van der Waals surface area contributed by atoms with Gasteiger partial charge >= 0.3 is 0 Å². The molecule has 16 heavy (non-hydrogen) atoms. The van der Waals surface area contributed by atoms with E-state index in [2.05, 4.69) is 46.5 Å². The molecule has 0 saturated heterocycles. The fourth-order valence-electron chi connectivity index (χ4n) is 1.60. The van der Waals surface area contributed by atoms with Crippen molar-refractivity contribution in [3.8, 4) is 12.3 Å². The number of hydrogen-bond donors (Lipinski definition) is 1. The van der Waals surface area contributed by atoms with E-state index in [9.17, 15) is 0 Å². The fraction of sp³-hybridized carbons (Fsp3) is 0.143. The van der Waals surface area contributed by atoms with E-state index in [4.69, 9.17) is 6.42 Å². The third-order valence-electron chi connectivity index (χ3n) is 2.56. The van der Waals surface area contributed by atoms with Crippen molar-refractivity contribution < 1.29 is 0 Å². The lowest BCUT2D eigenvalue weighted by atomic mass is 10.0. The first-order valence-corrected chi connectivity index (χ1v) is 6.32. The smallest absolute Gasteiger partial charge is 0.0539 e. The maximum atomic E-state index is 5.32. The summed E-state index contributed by atoms with van der Waals surface area (Å²) in [5.74, 6) is 2.61. The molecule has 0 bridgehead atoms. The van der Waals surface area contributed by atoms with Gasteiger partial charge in [0.25, 0.3) is 0 Å². The third-order valence-corrected chi connectivity index (χ3v) is 3.83. The van der Waals surface area contributed by atoms with Crippen LogP contribution in [0.5, 0.6) is 0 Å². The Labute approximate surface area is 110 Å². The molecule has 1 unspecified atom stereocenters. The molecule has 1 aromatic rings. The summed E-state index contributed by atoms with van der Waals surface area (Å²) in [4.78, 5) is 0. The molecule has 2 heteroatoms. The first kappa shape index (κ1) is 11.3. The first-order valence-electron chi connectivity index (χ1n) is 5.08. The number of allylic oxidation sites excluding steroid dienone is 2. The van der Waals surface area contributed by atoms with E-state index < -0.39 is 0 Å². The molecule has 0 amide bonds. The number of nitrogens with one attached hydrogen (secondary N) is 1. The SMILES string of the molecule is C#Cc1ccc(C2=CCC(I)C(=C)N2)cc1. The maximum Gasteiger partial charge on any atom is 0.0539 e. The van der Waals surface area contributed by atoms with Crippen molar-refractivity contribution in [2.45, 2.75) is 10.3 Å². The van der Waals surface area contributed by atoms with Gasteiger partial charge in [-0.05, 0) is 24.1 Å². The minimum Gasteiger partial charge on any atom is -0.358 e. The summed E-state index contributed by atoms with van der Waals surface area (Å²) >= 11 is 2.39. The van der Waals surface area contributed by atoms with Crippen LogP contribution in [-0.2, 0) is 0 Å². The normalized spacial score (nSPS) is 19.6. The molecule has 1 N–H and O–H groups in total. The van der Waals surface area contributed by atoms with Crippen LogP contribution in [0.3, 0.4) is 0 Å². The van der Waals surface area contributed by atoms with Gasteiger partial charge in [0.1, 0.15) is 0 Å². The molecule has 80 valence electrons. The molecule has 0 aromatic heterocycles. The van der Waals surface area contributed by atoms with Crippen LogP contribution < -0.4 is 5.32 Å². The zero-order chi connectivity index (χ0) is 11.5. The number of rotatable bonds is 1. The number of hydrogen-bond acceptors (Lipinski definition) is 1. The molecule has 0 spiro atoms. The second-order valence-corrected chi connectivity index (χ2v) is 5.20. The monoisotopic (exact) mass is 321 g/mol. The zero-order valence-electron chi connectivity index (χ0n) is 8.83. The summed E-state index contributed by atoms with van der Waals surface area (Å²) in [7, 11) is 0. The van der Waals surface area contributed by atoms with Crippen molar-refractivity contribution >= 4 is 28.3 Å². The van der Waals surface area contributed by atoms with E-state index in [1.165, 1.54) is 0 Å². The van der Waals surface area contributed by atoms with Gasteiger partial charge in [-0.15, -0.1) is 6.42 Å². The van der Waals surface area contributed by atoms with Crippen molar-refractivity contribution in [2.24, 2.45) is 0 Å². The van der Waals surface area contributed by atoms with Crippen molar-refractivity contribution in [2.75, 3.05) is 0 Å². The van der Waals surface area contributed by atoms with E-state index in [0.29, 0.717) is 3.92 Å². The van der Waals surface area contributed by atoms with Crippen LogP contribution in [0.25, 0.3) is 5.70 Å². The predicted octanol–water partition coefficient (Wildman–Crippen LogP) is 3.32. The highest BCUT2D eigenvalue weighted by molar-refractivity contribution is 14.1. The molecule has 0 aliphatic carbocycles. The lowest BCUT2D eigenvalue weighted by Gasteiger charge is -2.22. The van der Waals surface area contributed by atoms with E-state index in [1.807, 2.05) is 24.3 Å². The quantitative estimate of drug-likeness (QED) is 0.475. The summed E-state index contributed by atoms with van der Waals surface area (Å²) < 4.78 is 0.478. The zero-order valence-corrected chi connectivity index (χ0v) is 11.0. The van der Waals surface area contributed by atoms with Crippen LogP contribution in [-0.4, -0.2) is 3.92 Å². The lowest BCUT2D eigenvalue weighted by molar-refractivity contribution is 0.899. The molecular formula is C14H12IN. The van der Waals surface area contributed by atoms with Crippen LogP contribution >= 0.6 is 22.6 Å². The van der Waals surface area contributed by atoms with Crippen molar-refractivity contribution in [1.82, 2.24) is 5.32 Å². The Morgan fingerprint density at radius 2 is 2.06 bits per heavy atom. The predicted molar refractivity (Wildman–Crippen MR) is 77.1 cm³/mol. The highest BCUT2D eigenvalue weighted by Crippen LogP contribution is 2.25. The Kier molecular flexibility index (Phi) is 3.35. The Morgan fingerprint density at radius 3 is 2.62 bits per heavy atom. The van der Waals surface area contributed by atoms with E-state index >= 15 is 0 Å². The van der Waals surface area contributed by atoms with Gasteiger partial charge in [-0.1, -0.05) is 53.3 Å². The van der Waals surface area contributed by atoms with Crippen LogP contribution in [0.4, 0.5) is 0 Å². The van der Waals surface area contributed by atoms with Gasteiger partial charge in [-0.25, -0.2) is 0 Å². The molecular weight excluding hydrogens is 309 g/mol. The van der Waals surface area contributed by atoms with Crippen molar-refractivity contribution in [3.05, 3.63) is 53.7 Å². The topological polar surface area (TPSA) is 12.0 Å². The summed E-state index contributed by atoms with van der Waals surface area (Å²) in [5, 5.41) is 3.33. The molecule has 1 heterocycles. The minimum atomic E-state index is 0.478. The Bertz CT molecular complexity index is 476. The molecule has 1 aliphatic heterocycles. The molecule has 1 nitrogen and oxygen atoms in total. The number of benzene rings is 1. The van der Waals surface area contributed by atoms with E-state index in [-0.39, 0.29) is 0 Å². The molecule has 0 radical (unpaired) electrons. The molecule has 2 rings (SSSR count). The van der Waals surface area contributed by atoms with Gasteiger partial charge < -0.3 is 5.32 Å². The third kappa shape index (κ3) is 2.30. The largest absolute Gasteiger partial charge is 0.358 e. The van der Waals surface area contributed by atoms with Gasteiger partial charge in [0.15, 0.2) is 0 Å². The fourth-order valence-corrected chi connectivity index (χ4v) is 2.01. The van der Waals surface area contributed by atoms with Gasteiger partial charge in [-0.3, -0.25) is 0 Å². The minimum absolute atomic E-state index is 0.478. The number of alkyl halides is 1. The van der Waals surface area contributed by atoms with E-state index in [0.717, 1.165) is 28.9 Å². The van der Waals surface area contributed by atoms with Crippen molar-refractivity contribution in [3.63, 3.8) is 0 Å². The Balaban J connectivity index is 2.25. The maximum absolute atomic E-state index is 5.32. The van der Waals surface area contributed by atoms with E-state index in [1.54, 1.807) is 0 Å². The summed E-state index contributed by atoms with van der Waals surface area (Å²) in [6, 6.07) is 7.98. The molecule has 0 saturated carbocycles. The van der Waals surface area contributed by atoms with Crippen LogP contribution in [0.15, 0.2) is 42.6 Å². The van der Waals surface area contributed by atoms with Crippen LogP contribution in [0.1, 0.15) is 17.5 Å². The average molecular weight is 321 g/mol. The molecule has 1 atom stereocenters. The molecule has 1 aliphatic rings. The standard InChI is InChI=1S/C14H12IN/c1-3-11-4-6-12(7-5-11)14-9-8-13(15)10(2)16-14/h1,4-7,9,13,16H,2,8H2. The highest BCUT2D eigenvalue weighted by Gasteiger charge is 2.15. The lowest BCUT2D eigenvalue weighted by Crippen LogP contribution is -2.22. The Hall–Kier alpha value is -1.21. The number of terminal acetylenes is 1. The van der Waals surface area contributed by atoms with Gasteiger partial charge in [0.05, 0.1) is 3.92 Å². The second-order valence-electron chi connectivity index (χ2n) is 3.69. The highest BCUT2D eigenvalue weighted by atomic mass is 127. The average Bonchev–Trinajstić information content (AvgIpc) is 2.33. The van der Waals surface area contributed by atoms with Crippen LogP contribution in [0, 0.1) is 12.3 Å². The second kappa shape index (κ2) is 4.75. The molecule has 0 fully saturated rings. The van der Waals surface area contributed by atoms with Gasteiger partial charge in [0, 0.05) is 17.0 Å². The van der Waals surface area contributed by atoms with Crippen molar-refractivity contribution in [1.29, 1.82) is 0 Å².